The van der Waals surface area contributed by atoms with Crippen LogP contribution in [0.25, 0.3) is 0 Å². The first-order valence-corrected chi connectivity index (χ1v) is 9.49. The molecule has 2 saturated heterocycles. The maximum Gasteiger partial charge on any atom is 0.0716 e. The van der Waals surface area contributed by atoms with Gasteiger partial charge in [-0.3, -0.25) is 9.80 Å². The van der Waals surface area contributed by atoms with Gasteiger partial charge in [-0.1, -0.05) is 13.3 Å². The second-order valence-corrected chi connectivity index (χ2v) is 8.14. The number of ether oxygens (including phenoxy) is 1. The summed E-state index contributed by atoms with van der Waals surface area (Å²) in [6.45, 7) is 8.65. The van der Waals surface area contributed by atoms with Crippen molar-refractivity contribution in [3.05, 3.63) is 0 Å². The van der Waals surface area contributed by atoms with Crippen LogP contribution in [0.1, 0.15) is 45.4 Å². The van der Waals surface area contributed by atoms with Gasteiger partial charge in [0.05, 0.1) is 11.7 Å². The summed E-state index contributed by atoms with van der Waals surface area (Å²) in [6, 6.07) is 0.810. The molecule has 3 rings (SSSR count). The lowest BCUT2D eigenvalue weighted by molar-refractivity contribution is -0.0894. The first-order valence-electron chi connectivity index (χ1n) is 9.49. The summed E-state index contributed by atoms with van der Waals surface area (Å²) in [6.07, 6.45) is 5.45. The van der Waals surface area contributed by atoms with Crippen LogP contribution in [0.2, 0.25) is 0 Å². The summed E-state index contributed by atoms with van der Waals surface area (Å²) in [4.78, 5) is 5.06. The Labute approximate surface area is 140 Å². The molecule has 23 heavy (non-hydrogen) atoms. The number of aliphatic hydroxyl groups is 2. The van der Waals surface area contributed by atoms with E-state index in [1.165, 1.54) is 25.8 Å². The van der Waals surface area contributed by atoms with Gasteiger partial charge in [-0.2, -0.15) is 0 Å². The third-order valence-corrected chi connectivity index (χ3v) is 5.92. The molecular formula is C18H34N2O3. The van der Waals surface area contributed by atoms with E-state index >= 15 is 0 Å². The summed E-state index contributed by atoms with van der Waals surface area (Å²) in [7, 11) is 0. The molecule has 1 aliphatic carbocycles. The van der Waals surface area contributed by atoms with Crippen LogP contribution in [0.5, 0.6) is 0 Å². The van der Waals surface area contributed by atoms with Crippen molar-refractivity contribution in [2.24, 2.45) is 5.92 Å². The van der Waals surface area contributed by atoms with Crippen LogP contribution >= 0.6 is 0 Å². The molecule has 2 N–H and O–H groups in total. The summed E-state index contributed by atoms with van der Waals surface area (Å²) >= 11 is 0. The number of hydrogen-bond acceptors (Lipinski definition) is 5. The third-order valence-electron chi connectivity index (χ3n) is 5.92. The van der Waals surface area contributed by atoms with Gasteiger partial charge in [0.25, 0.3) is 0 Å². The van der Waals surface area contributed by atoms with Crippen LogP contribution in [-0.4, -0.2) is 83.7 Å². The molecule has 0 amide bonds. The van der Waals surface area contributed by atoms with E-state index < -0.39 is 11.7 Å². The molecule has 0 radical (unpaired) electrons. The smallest absolute Gasteiger partial charge is 0.0716 e. The van der Waals surface area contributed by atoms with Crippen molar-refractivity contribution in [2.75, 3.05) is 45.9 Å². The molecular weight excluding hydrogens is 292 g/mol. The normalized spacial score (nSPS) is 32.2. The van der Waals surface area contributed by atoms with E-state index in [1.54, 1.807) is 0 Å². The van der Waals surface area contributed by atoms with Crippen molar-refractivity contribution in [1.82, 2.24) is 9.80 Å². The molecule has 5 nitrogen and oxygen atoms in total. The standard InChI is InChI=1S/C18H34N2O3/c1-15-12-19(7-8-20(13-15)16-3-2-4-16)14-17(21)11-18(22)5-9-23-10-6-18/h15-17,21-22H,2-14H2,1H3. The highest BCUT2D eigenvalue weighted by atomic mass is 16.5. The Kier molecular flexibility index (Phi) is 5.97. The fraction of sp³-hybridized carbons (Fsp3) is 1.00. The monoisotopic (exact) mass is 326 g/mol. The fourth-order valence-electron chi connectivity index (χ4n) is 4.36. The molecule has 5 heteroatoms. The predicted molar refractivity (Wildman–Crippen MR) is 90.4 cm³/mol. The highest BCUT2D eigenvalue weighted by Crippen LogP contribution is 2.28. The van der Waals surface area contributed by atoms with Crippen LogP contribution in [-0.2, 0) is 4.74 Å². The minimum atomic E-state index is -0.729. The van der Waals surface area contributed by atoms with E-state index in [9.17, 15) is 10.2 Å². The van der Waals surface area contributed by atoms with Gasteiger partial charge in [-0.15, -0.1) is 0 Å². The van der Waals surface area contributed by atoms with Gasteiger partial charge in [0, 0.05) is 58.4 Å². The van der Waals surface area contributed by atoms with Crippen molar-refractivity contribution in [3.63, 3.8) is 0 Å². The molecule has 0 aromatic carbocycles. The lowest BCUT2D eigenvalue weighted by Gasteiger charge is -2.37. The van der Waals surface area contributed by atoms with Crippen molar-refractivity contribution in [1.29, 1.82) is 0 Å². The minimum Gasteiger partial charge on any atom is -0.392 e. The van der Waals surface area contributed by atoms with E-state index in [-0.39, 0.29) is 0 Å². The number of hydrogen-bond donors (Lipinski definition) is 2. The van der Waals surface area contributed by atoms with Gasteiger partial charge < -0.3 is 14.9 Å². The maximum absolute atomic E-state index is 10.6. The SMILES string of the molecule is CC1CN(CC(O)CC2(O)CCOCC2)CCN(C2CCC2)C1. The molecule has 3 fully saturated rings. The average molecular weight is 326 g/mol. The Morgan fingerprint density at radius 3 is 2.57 bits per heavy atom. The van der Waals surface area contributed by atoms with Crippen LogP contribution in [0.3, 0.4) is 0 Å². The highest BCUT2D eigenvalue weighted by molar-refractivity contribution is 4.87. The first kappa shape index (κ1) is 17.6. The molecule has 2 unspecified atom stereocenters. The highest BCUT2D eigenvalue weighted by Gasteiger charge is 2.34. The Balaban J connectivity index is 1.46. The van der Waals surface area contributed by atoms with Gasteiger partial charge in [0.15, 0.2) is 0 Å². The quantitative estimate of drug-likeness (QED) is 0.792. The zero-order chi connectivity index (χ0) is 16.3. The molecule has 2 heterocycles. The molecule has 3 aliphatic rings. The van der Waals surface area contributed by atoms with E-state index in [4.69, 9.17) is 4.74 Å². The average Bonchev–Trinajstić information content (AvgIpc) is 2.58. The number of aliphatic hydroxyl groups excluding tert-OH is 1. The van der Waals surface area contributed by atoms with Crippen LogP contribution < -0.4 is 0 Å². The molecule has 0 bridgehead atoms. The Bertz CT molecular complexity index is 369. The number of β-amino-alcohol motifs (C(OH)–C–C–N with tert-alkyl or cyclic N) is 1. The Hall–Kier alpha value is -0.200. The second kappa shape index (κ2) is 7.79. The molecule has 2 aliphatic heterocycles. The van der Waals surface area contributed by atoms with Crippen molar-refractivity contribution >= 4 is 0 Å². The largest absolute Gasteiger partial charge is 0.392 e. The number of nitrogens with zero attached hydrogens (tertiary/aromatic N) is 2. The van der Waals surface area contributed by atoms with Crippen molar-refractivity contribution < 1.29 is 14.9 Å². The minimum absolute atomic E-state index is 0.444. The van der Waals surface area contributed by atoms with Crippen molar-refractivity contribution in [2.45, 2.75) is 63.2 Å². The fourth-order valence-corrected chi connectivity index (χ4v) is 4.36. The second-order valence-electron chi connectivity index (χ2n) is 8.14. The molecule has 2 atom stereocenters. The Morgan fingerprint density at radius 2 is 1.91 bits per heavy atom. The topological polar surface area (TPSA) is 56.2 Å². The predicted octanol–water partition coefficient (Wildman–Crippen LogP) is 1.09. The summed E-state index contributed by atoms with van der Waals surface area (Å²) in [5.41, 5.74) is -0.729. The van der Waals surface area contributed by atoms with Crippen LogP contribution in [0.15, 0.2) is 0 Å². The summed E-state index contributed by atoms with van der Waals surface area (Å²) in [5.74, 6) is 0.650. The van der Waals surface area contributed by atoms with Gasteiger partial charge in [0.1, 0.15) is 0 Å². The molecule has 0 spiro atoms. The first-order chi connectivity index (χ1) is 11.0. The van der Waals surface area contributed by atoms with E-state index in [1.807, 2.05) is 0 Å². The zero-order valence-corrected chi connectivity index (χ0v) is 14.6. The van der Waals surface area contributed by atoms with Gasteiger partial charge in [0.2, 0.25) is 0 Å². The van der Waals surface area contributed by atoms with Crippen LogP contribution in [0, 0.1) is 5.92 Å². The van der Waals surface area contributed by atoms with Gasteiger partial charge in [-0.25, -0.2) is 0 Å². The molecule has 1 saturated carbocycles. The number of rotatable bonds is 5. The molecule has 134 valence electrons. The zero-order valence-electron chi connectivity index (χ0n) is 14.6. The van der Waals surface area contributed by atoms with E-state index in [0.29, 0.717) is 44.9 Å². The Morgan fingerprint density at radius 1 is 1.17 bits per heavy atom. The third kappa shape index (κ3) is 4.89. The summed E-state index contributed by atoms with van der Waals surface area (Å²) in [5, 5.41) is 21.0. The van der Waals surface area contributed by atoms with Crippen LogP contribution in [0.4, 0.5) is 0 Å². The lowest BCUT2D eigenvalue weighted by atomic mass is 9.88. The van der Waals surface area contributed by atoms with E-state index in [2.05, 4.69) is 16.7 Å². The molecule has 0 aromatic heterocycles. The van der Waals surface area contributed by atoms with E-state index in [0.717, 1.165) is 25.7 Å². The van der Waals surface area contributed by atoms with Gasteiger partial charge >= 0.3 is 0 Å². The summed E-state index contributed by atoms with van der Waals surface area (Å²) < 4.78 is 5.32. The lowest BCUT2D eigenvalue weighted by Crippen LogP contribution is -2.44. The molecule has 0 aromatic rings. The maximum atomic E-state index is 10.6. The van der Waals surface area contributed by atoms with Gasteiger partial charge in [-0.05, 0) is 31.6 Å². The van der Waals surface area contributed by atoms with Crippen molar-refractivity contribution in [3.8, 4) is 0 Å².